The Bertz CT molecular complexity index is 596. The SMILES string of the molecule is CCCCc1nnc(NC(=O)C(C)Sc2n[nH]c(C)n2)s1. The number of hydrogen-bond donors (Lipinski definition) is 2. The standard InChI is InChI=1S/C12H18N6OS2/c1-4-5-6-9-16-18-12(21-9)14-10(19)7(2)20-11-13-8(3)15-17-11/h7H,4-6H2,1-3H3,(H,13,15,17)(H,14,18,19). The van der Waals surface area contributed by atoms with Crippen LogP contribution >= 0.6 is 23.1 Å². The normalized spacial score (nSPS) is 12.3. The van der Waals surface area contributed by atoms with Crippen molar-refractivity contribution < 1.29 is 4.79 Å². The third kappa shape index (κ3) is 4.78. The molecule has 0 bridgehead atoms. The van der Waals surface area contributed by atoms with Gasteiger partial charge in [-0.2, -0.15) is 0 Å². The summed E-state index contributed by atoms with van der Waals surface area (Å²) in [6, 6.07) is 0. The average Bonchev–Trinajstić information content (AvgIpc) is 3.05. The Kier molecular flexibility index (Phi) is 5.68. The third-order valence-electron chi connectivity index (χ3n) is 2.67. The molecule has 1 atom stereocenters. The molecule has 0 aromatic carbocycles. The first kappa shape index (κ1) is 15.9. The van der Waals surface area contributed by atoms with E-state index >= 15 is 0 Å². The summed E-state index contributed by atoms with van der Waals surface area (Å²) in [5.74, 6) is 0.607. The minimum Gasteiger partial charge on any atom is -0.300 e. The summed E-state index contributed by atoms with van der Waals surface area (Å²) in [6.07, 6.45) is 3.11. The van der Waals surface area contributed by atoms with Gasteiger partial charge in [0.2, 0.25) is 16.2 Å². The highest BCUT2D eigenvalue weighted by molar-refractivity contribution is 8.00. The van der Waals surface area contributed by atoms with Gasteiger partial charge in [0.1, 0.15) is 10.8 Å². The van der Waals surface area contributed by atoms with E-state index in [-0.39, 0.29) is 11.2 Å². The average molecular weight is 326 g/mol. The zero-order chi connectivity index (χ0) is 15.2. The zero-order valence-corrected chi connectivity index (χ0v) is 13.8. The molecule has 0 fully saturated rings. The zero-order valence-electron chi connectivity index (χ0n) is 12.2. The monoisotopic (exact) mass is 326 g/mol. The highest BCUT2D eigenvalue weighted by Crippen LogP contribution is 2.22. The fourth-order valence-electron chi connectivity index (χ4n) is 1.53. The van der Waals surface area contributed by atoms with E-state index in [0.29, 0.717) is 10.3 Å². The maximum Gasteiger partial charge on any atom is 0.239 e. The number of rotatable bonds is 7. The quantitative estimate of drug-likeness (QED) is 0.759. The van der Waals surface area contributed by atoms with Crippen LogP contribution in [0.1, 0.15) is 37.5 Å². The molecule has 0 radical (unpaired) electrons. The van der Waals surface area contributed by atoms with Crippen LogP contribution in [0.5, 0.6) is 0 Å². The lowest BCUT2D eigenvalue weighted by atomic mass is 10.3. The molecule has 0 saturated heterocycles. The summed E-state index contributed by atoms with van der Waals surface area (Å²) in [6.45, 7) is 5.76. The van der Waals surface area contributed by atoms with Crippen LogP contribution in [0.15, 0.2) is 5.16 Å². The highest BCUT2D eigenvalue weighted by Gasteiger charge is 2.18. The first-order valence-corrected chi connectivity index (χ1v) is 8.47. The topological polar surface area (TPSA) is 96.5 Å². The number of hydrogen-bond acceptors (Lipinski definition) is 7. The van der Waals surface area contributed by atoms with Gasteiger partial charge >= 0.3 is 0 Å². The Morgan fingerprint density at radius 1 is 1.48 bits per heavy atom. The van der Waals surface area contributed by atoms with Gasteiger partial charge in [-0.25, -0.2) is 4.98 Å². The van der Waals surface area contributed by atoms with Crippen molar-refractivity contribution in [3.05, 3.63) is 10.8 Å². The number of thioether (sulfide) groups is 1. The van der Waals surface area contributed by atoms with Gasteiger partial charge in [0.05, 0.1) is 5.25 Å². The van der Waals surface area contributed by atoms with Gasteiger partial charge in [0.25, 0.3) is 0 Å². The summed E-state index contributed by atoms with van der Waals surface area (Å²) in [5, 5.41) is 19.4. The maximum atomic E-state index is 12.1. The summed E-state index contributed by atoms with van der Waals surface area (Å²) in [5.41, 5.74) is 0. The van der Waals surface area contributed by atoms with Gasteiger partial charge in [-0.15, -0.1) is 15.3 Å². The molecule has 2 aromatic heterocycles. The van der Waals surface area contributed by atoms with E-state index in [2.05, 4.69) is 37.6 Å². The molecule has 0 saturated carbocycles. The lowest BCUT2D eigenvalue weighted by Crippen LogP contribution is -2.22. The summed E-state index contributed by atoms with van der Waals surface area (Å²) in [7, 11) is 0. The predicted octanol–water partition coefficient (Wildman–Crippen LogP) is 2.43. The summed E-state index contributed by atoms with van der Waals surface area (Å²) >= 11 is 2.73. The van der Waals surface area contributed by atoms with E-state index in [0.717, 1.165) is 30.1 Å². The smallest absolute Gasteiger partial charge is 0.239 e. The van der Waals surface area contributed by atoms with Gasteiger partial charge in [-0.05, 0) is 20.3 Å². The van der Waals surface area contributed by atoms with Gasteiger partial charge in [0.15, 0.2) is 0 Å². The molecular formula is C12H18N6OS2. The van der Waals surface area contributed by atoms with Crippen molar-refractivity contribution in [3.63, 3.8) is 0 Å². The van der Waals surface area contributed by atoms with Crippen molar-refractivity contribution in [2.75, 3.05) is 5.32 Å². The first-order chi connectivity index (χ1) is 10.1. The van der Waals surface area contributed by atoms with Crippen molar-refractivity contribution in [1.29, 1.82) is 0 Å². The molecule has 114 valence electrons. The van der Waals surface area contributed by atoms with E-state index < -0.39 is 0 Å². The number of carbonyl (C=O) groups excluding carboxylic acids is 1. The molecule has 0 aliphatic carbocycles. The van der Waals surface area contributed by atoms with E-state index in [4.69, 9.17) is 0 Å². The third-order valence-corrected chi connectivity index (χ3v) is 4.53. The molecular weight excluding hydrogens is 308 g/mol. The molecule has 2 heterocycles. The lowest BCUT2D eigenvalue weighted by molar-refractivity contribution is -0.115. The van der Waals surface area contributed by atoms with Gasteiger partial charge in [-0.1, -0.05) is 36.4 Å². The van der Waals surface area contributed by atoms with Crippen molar-refractivity contribution in [2.24, 2.45) is 0 Å². The predicted molar refractivity (Wildman–Crippen MR) is 83.6 cm³/mol. The molecule has 2 rings (SSSR count). The number of aryl methyl sites for hydroxylation is 2. The van der Waals surface area contributed by atoms with E-state index in [1.165, 1.54) is 23.1 Å². The molecule has 1 unspecified atom stereocenters. The number of unbranched alkanes of at least 4 members (excludes halogenated alkanes) is 1. The summed E-state index contributed by atoms with van der Waals surface area (Å²) in [4.78, 5) is 16.3. The number of amides is 1. The molecule has 1 amide bonds. The van der Waals surface area contributed by atoms with Crippen molar-refractivity contribution in [3.8, 4) is 0 Å². The van der Waals surface area contributed by atoms with E-state index in [1.807, 2.05) is 13.8 Å². The van der Waals surface area contributed by atoms with Crippen LogP contribution in [-0.2, 0) is 11.2 Å². The molecule has 2 aromatic rings. The van der Waals surface area contributed by atoms with Crippen LogP contribution in [-0.4, -0.2) is 36.5 Å². The number of H-pyrrole nitrogens is 1. The van der Waals surface area contributed by atoms with E-state index in [9.17, 15) is 4.79 Å². The van der Waals surface area contributed by atoms with Gasteiger partial charge < -0.3 is 0 Å². The number of nitrogens with one attached hydrogen (secondary N) is 2. The number of anilines is 1. The largest absolute Gasteiger partial charge is 0.300 e. The summed E-state index contributed by atoms with van der Waals surface area (Å²) < 4.78 is 0. The number of aromatic nitrogens is 5. The molecule has 9 heteroatoms. The molecule has 21 heavy (non-hydrogen) atoms. The first-order valence-electron chi connectivity index (χ1n) is 6.77. The second kappa shape index (κ2) is 7.51. The van der Waals surface area contributed by atoms with Crippen LogP contribution in [0.4, 0.5) is 5.13 Å². The minimum atomic E-state index is -0.303. The maximum absolute atomic E-state index is 12.1. The Morgan fingerprint density at radius 3 is 2.95 bits per heavy atom. The number of aromatic amines is 1. The van der Waals surface area contributed by atoms with Gasteiger partial charge in [-0.3, -0.25) is 15.2 Å². The van der Waals surface area contributed by atoms with Crippen molar-refractivity contribution in [2.45, 2.75) is 50.4 Å². The lowest BCUT2D eigenvalue weighted by Gasteiger charge is -2.07. The Hall–Kier alpha value is -1.48. The van der Waals surface area contributed by atoms with Gasteiger partial charge in [0, 0.05) is 6.42 Å². The van der Waals surface area contributed by atoms with Crippen molar-refractivity contribution in [1.82, 2.24) is 25.4 Å². The molecule has 7 nitrogen and oxygen atoms in total. The Labute approximate surface area is 131 Å². The van der Waals surface area contributed by atoms with E-state index in [1.54, 1.807) is 0 Å². The molecule has 0 aliphatic rings. The van der Waals surface area contributed by atoms with Crippen LogP contribution in [0.3, 0.4) is 0 Å². The minimum absolute atomic E-state index is 0.124. The second-order valence-corrected chi connectivity index (χ2v) is 6.93. The second-order valence-electron chi connectivity index (χ2n) is 4.56. The molecule has 2 N–H and O–H groups in total. The molecule has 0 aliphatic heterocycles. The Balaban J connectivity index is 1.86. The highest BCUT2D eigenvalue weighted by atomic mass is 32.2. The number of nitrogens with zero attached hydrogens (tertiary/aromatic N) is 4. The fraction of sp³-hybridized carbons (Fsp3) is 0.583. The van der Waals surface area contributed by atoms with Crippen LogP contribution < -0.4 is 5.32 Å². The van der Waals surface area contributed by atoms with Crippen LogP contribution in [0.25, 0.3) is 0 Å². The number of carbonyl (C=O) groups is 1. The van der Waals surface area contributed by atoms with Crippen molar-refractivity contribution >= 4 is 34.1 Å². The Morgan fingerprint density at radius 2 is 2.29 bits per heavy atom. The molecule has 0 spiro atoms. The fourth-order valence-corrected chi connectivity index (χ4v) is 3.08. The van der Waals surface area contributed by atoms with Crippen LogP contribution in [0.2, 0.25) is 0 Å². The van der Waals surface area contributed by atoms with Crippen LogP contribution in [0, 0.1) is 6.92 Å².